The van der Waals surface area contributed by atoms with Gasteiger partial charge in [0.2, 0.25) is 5.91 Å². The van der Waals surface area contributed by atoms with Crippen molar-refractivity contribution in [3.63, 3.8) is 0 Å². The van der Waals surface area contributed by atoms with Crippen molar-refractivity contribution >= 4 is 5.91 Å². The van der Waals surface area contributed by atoms with Crippen molar-refractivity contribution in [2.75, 3.05) is 13.1 Å². The third-order valence-corrected chi connectivity index (χ3v) is 4.23. The Kier molecular flexibility index (Phi) is 4.51. The number of aromatic nitrogens is 3. The number of imidazole rings is 1. The Morgan fingerprint density at radius 3 is 3.09 bits per heavy atom. The Hall–Kier alpha value is -2.17. The Labute approximate surface area is 130 Å². The van der Waals surface area contributed by atoms with Crippen LogP contribution in [0, 0.1) is 6.92 Å². The lowest BCUT2D eigenvalue weighted by Gasteiger charge is -2.32. The Morgan fingerprint density at radius 1 is 1.45 bits per heavy atom. The molecule has 3 heterocycles. The van der Waals surface area contributed by atoms with Crippen molar-refractivity contribution in [1.82, 2.24) is 19.9 Å². The van der Waals surface area contributed by atoms with Crippen LogP contribution in [0.2, 0.25) is 0 Å². The van der Waals surface area contributed by atoms with E-state index >= 15 is 0 Å². The Balaban J connectivity index is 1.56. The number of amides is 1. The van der Waals surface area contributed by atoms with Crippen LogP contribution in [0.15, 0.2) is 30.7 Å². The number of pyridine rings is 1. The highest BCUT2D eigenvalue weighted by atomic mass is 16.2. The molecule has 116 valence electrons. The monoisotopic (exact) mass is 298 g/mol. The highest BCUT2D eigenvalue weighted by molar-refractivity contribution is 5.76. The van der Waals surface area contributed by atoms with Crippen LogP contribution in [0.3, 0.4) is 0 Å². The molecular formula is C17H22N4O. The summed E-state index contributed by atoms with van der Waals surface area (Å²) in [6.07, 6.45) is 8.90. The Bertz CT molecular complexity index is 623. The van der Waals surface area contributed by atoms with Gasteiger partial charge < -0.3 is 9.88 Å². The van der Waals surface area contributed by atoms with E-state index in [2.05, 4.69) is 15.0 Å². The summed E-state index contributed by atoms with van der Waals surface area (Å²) in [6.45, 7) is 3.65. The zero-order valence-corrected chi connectivity index (χ0v) is 13.0. The van der Waals surface area contributed by atoms with Crippen molar-refractivity contribution in [3.8, 4) is 0 Å². The van der Waals surface area contributed by atoms with E-state index in [9.17, 15) is 4.79 Å². The number of carbonyl (C=O) groups excluding carboxylic acids is 1. The molecule has 22 heavy (non-hydrogen) atoms. The highest BCUT2D eigenvalue weighted by Gasteiger charge is 2.26. The van der Waals surface area contributed by atoms with Crippen LogP contribution in [0.25, 0.3) is 0 Å². The number of hydrogen-bond acceptors (Lipinski definition) is 3. The number of aromatic amines is 1. The lowest BCUT2D eigenvalue weighted by Crippen LogP contribution is -2.39. The normalized spacial score (nSPS) is 18.4. The summed E-state index contributed by atoms with van der Waals surface area (Å²) in [6, 6.07) is 3.93. The van der Waals surface area contributed by atoms with Gasteiger partial charge in [0.15, 0.2) is 0 Å². The van der Waals surface area contributed by atoms with Crippen molar-refractivity contribution in [3.05, 3.63) is 47.8 Å². The van der Waals surface area contributed by atoms with E-state index in [-0.39, 0.29) is 5.91 Å². The van der Waals surface area contributed by atoms with Gasteiger partial charge in [0.05, 0.1) is 0 Å². The van der Waals surface area contributed by atoms with E-state index in [1.54, 1.807) is 6.20 Å². The van der Waals surface area contributed by atoms with Crippen LogP contribution in [-0.2, 0) is 11.2 Å². The maximum Gasteiger partial charge on any atom is 0.222 e. The van der Waals surface area contributed by atoms with E-state index < -0.39 is 0 Å². The summed E-state index contributed by atoms with van der Waals surface area (Å²) < 4.78 is 0. The predicted molar refractivity (Wildman–Crippen MR) is 84.4 cm³/mol. The molecule has 1 atom stereocenters. The quantitative estimate of drug-likeness (QED) is 0.943. The first-order chi connectivity index (χ1) is 10.7. The molecule has 1 N–H and O–H groups in total. The van der Waals surface area contributed by atoms with Crippen LogP contribution in [-0.4, -0.2) is 38.8 Å². The van der Waals surface area contributed by atoms with Crippen molar-refractivity contribution in [2.24, 2.45) is 0 Å². The van der Waals surface area contributed by atoms with E-state index in [1.807, 2.05) is 36.4 Å². The molecule has 0 saturated carbocycles. The molecule has 5 nitrogen and oxygen atoms in total. The van der Waals surface area contributed by atoms with Crippen LogP contribution in [0.5, 0.6) is 0 Å². The zero-order chi connectivity index (χ0) is 15.4. The third-order valence-electron chi connectivity index (χ3n) is 4.23. The second-order valence-corrected chi connectivity index (χ2v) is 5.99. The standard InChI is InChI=1S/C17H22N4O/c1-13-10-19-17(20-13)15-5-3-9-21(12-15)16(22)7-6-14-4-2-8-18-11-14/h2,4,8,10-11,15H,3,5-7,9,12H2,1H3,(H,19,20)/t15-/m1/s1. The Morgan fingerprint density at radius 2 is 2.36 bits per heavy atom. The molecule has 3 rings (SSSR count). The summed E-state index contributed by atoms with van der Waals surface area (Å²) in [5.41, 5.74) is 2.20. The van der Waals surface area contributed by atoms with E-state index in [1.165, 1.54) is 0 Å². The SMILES string of the molecule is Cc1cnc([C@@H]2CCCN(C(=O)CCc3cccnc3)C2)[nH]1. The first-order valence-electron chi connectivity index (χ1n) is 7.90. The van der Waals surface area contributed by atoms with Gasteiger partial charge in [-0.3, -0.25) is 9.78 Å². The number of aryl methyl sites for hydroxylation is 2. The number of H-pyrrole nitrogens is 1. The van der Waals surface area contributed by atoms with Gasteiger partial charge >= 0.3 is 0 Å². The molecule has 1 aliphatic heterocycles. The van der Waals surface area contributed by atoms with Gasteiger partial charge in [-0.25, -0.2) is 4.98 Å². The first kappa shape index (κ1) is 14.8. The number of nitrogens with zero attached hydrogens (tertiary/aromatic N) is 3. The molecule has 1 fully saturated rings. The molecule has 0 radical (unpaired) electrons. The highest BCUT2D eigenvalue weighted by Crippen LogP contribution is 2.25. The maximum atomic E-state index is 12.4. The van der Waals surface area contributed by atoms with Crippen LogP contribution in [0.1, 0.15) is 42.3 Å². The van der Waals surface area contributed by atoms with Gasteiger partial charge in [0.1, 0.15) is 5.82 Å². The molecule has 2 aromatic heterocycles. The lowest BCUT2D eigenvalue weighted by atomic mass is 9.97. The van der Waals surface area contributed by atoms with Crippen molar-refractivity contribution < 1.29 is 4.79 Å². The molecule has 0 unspecified atom stereocenters. The average Bonchev–Trinajstić information content (AvgIpc) is 3.00. The number of likely N-dealkylation sites (tertiary alicyclic amines) is 1. The summed E-state index contributed by atoms with van der Waals surface area (Å²) in [5.74, 6) is 1.59. The van der Waals surface area contributed by atoms with Gasteiger partial charge in [0.25, 0.3) is 0 Å². The molecule has 1 saturated heterocycles. The summed E-state index contributed by atoms with van der Waals surface area (Å²) in [7, 11) is 0. The first-order valence-corrected chi connectivity index (χ1v) is 7.90. The van der Waals surface area contributed by atoms with E-state index in [4.69, 9.17) is 0 Å². The fourth-order valence-corrected chi connectivity index (χ4v) is 3.02. The summed E-state index contributed by atoms with van der Waals surface area (Å²) in [4.78, 5) is 26.2. The van der Waals surface area contributed by atoms with Crippen LogP contribution < -0.4 is 0 Å². The third kappa shape index (κ3) is 3.53. The van der Waals surface area contributed by atoms with Crippen LogP contribution >= 0.6 is 0 Å². The fourth-order valence-electron chi connectivity index (χ4n) is 3.02. The van der Waals surface area contributed by atoms with Crippen molar-refractivity contribution in [2.45, 2.75) is 38.5 Å². The summed E-state index contributed by atoms with van der Waals surface area (Å²) >= 11 is 0. The molecule has 1 amide bonds. The van der Waals surface area contributed by atoms with Gasteiger partial charge in [-0.2, -0.15) is 0 Å². The number of piperidine rings is 1. The van der Waals surface area contributed by atoms with Crippen molar-refractivity contribution in [1.29, 1.82) is 0 Å². The van der Waals surface area contributed by atoms with E-state index in [0.717, 1.165) is 49.4 Å². The van der Waals surface area contributed by atoms with Gasteiger partial charge in [-0.15, -0.1) is 0 Å². The second-order valence-electron chi connectivity index (χ2n) is 5.99. The second kappa shape index (κ2) is 6.73. The minimum atomic E-state index is 0.233. The number of nitrogens with one attached hydrogen (secondary N) is 1. The number of hydrogen-bond donors (Lipinski definition) is 1. The molecule has 0 aromatic carbocycles. The van der Waals surface area contributed by atoms with Crippen LogP contribution in [0.4, 0.5) is 0 Å². The van der Waals surface area contributed by atoms with Gasteiger partial charge in [-0.1, -0.05) is 6.07 Å². The maximum absolute atomic E-state index is 12.4. The number of rotatable bonds is 4. The molecule has 2 aromatic rings. The fraction of sp³-hybridized carbons (Fsp3) is 0.471. The molecule has 0 aliphatic carbocycles. The minimum absolute atomic E-state index is 0.233. The van der Waals surface area contributed by atoms with Gasteiger partial charge in [0, 0.05) is 49.7 Å². The molecule has 0 bridgehead atoms. The minimum Gasteiger partial charge on any atom is -0.346 e. The smallest absolute Gasteiger partial charge is 0.222 e. The van der Waals surface area contributed by atoms with E-state index in [0.29, 0.717) is 12.3 Å². The molecule has 5 heteroatoms. The number of carbonyl (C=O) groups is 1. The molecule has 0 spiro atoms. The topological polar surface area (TPSA) is 61.9 Å². The largest absolute Gasteiger partial charge is 0.346 e. The molecular weight excluding hydrogens is 276 g/mol. The predicted octanol–water partition coefficient (Wildman–Crippen LogP) is 2.45. The zero-order valence-electron chi connectivity index (χ0n) is 13.0. The van der Waals surface area contributed by atoms with Gasteiger partial charge in [-0.05, 0) is 37.8 Å². The lowest BCUT2D eigenvalue weighted by molar-refractivity contribution is -0.132. The average molecular weight is 298 g/mol. The summed E-state index contributed by atoms with van der Waals surface area (Å²) in [5, 5.41) is 0. The molecule has 1 aliphatic rings.